The van der Waals surface area contributed by atoms with Gasteiger partial charge in [0.05, 0.1) is 13.2 Å². The molecule has 0 saturated heterocycles. The Kier molecular flexibility index (Phi) is 8.14. The second kappa shape index (κ2) is 10.8. The third-order valence-electron chi connectivity index (χ3n) is 5.26. The summed E-state index contributed by atoms with van der Waals surface area (Å²) in [6.07, 6.45) is 3.00. The number of anilines is 1. The lowest BCUT2D eigenvalue weighted by Gasteiger charge is -2.28. The van der Waals surface area contributed by atoms with E-state index in [-0.39, 0.29) is 24.2 Å². The zero-order valence-electron chi connectivity index (χ0n) is 16.9. The van der Waals surface area contributed by atoms with Gasteiger partial charge >= 0.3 is 5.97 Å². The van der Waals surface area contributed by atoms with Gasteiger partial charge in [0.1, 0.15) is 0 Å². The maximum absolute atomic E-state index is 13.3. The van der Waals surface area contributed by atoms with E-state index < -0.39 is 6.04 Å². The van der Waals surface area contributed by atoms with Crippen molar-refractivity contribution in [2.45, 2.75) is 37.6 Å². The van der Waals surface area contributed by atoms with Gasteiger partial charge < -0.3 is 15.4 Å². The molecule has 1 unspecified atom stereocenters. The fraction of sp³-hybridized carbons (Fsp3) is 0.391. The summed E-state index contributed by atoms with van der Waals surface area (Å²) in [7, 11) is 1.37. The largest absolute Gasteiger partial charge is 0.469 e. The number of esters is 1. The minimum absolute atomic E-state index is 0.173. The van der Waals surface area contributed by atoms with Crippen molar-refractivity contribution in [3.63, 3.8) is 0 Å². The molecule has 0 bridgehead atoms. The van der Waals surface area contributed by atoms with Gasteiger partial charge in [-0.15, -0.1) is 0 Å². The summed E-state index contributed by atoms with van der Waals surface area (Å²) in [5.41, 5.74) is 1.53. The Morgan fingerprint density at radius 2 is 1.80 bits per heavy atom. The molecule has 0 heterocycles. The van der Waals surface area contributed by atoms with Crippen molar-refractivity contribution in [2.24, 2.45) is 5.92 Å². The lowest BCUT2D eigenvalue weighted by molar-refractivity contribution is -0.141. The summed E-state index contributed by atoms with van der Waals surface area (Å²) in [5, 5.41) is 7.53. The Bertz CT molecular complexity index is 886. The number of nitrogens with one attached hydrogen (secondary N) is 2. The van der Waals surface area contributed by atoms with E-state index in [9.17, 15) is 9.59 Å². The molecule has 30 heavy (non-hydrogen) atoms. The summed E-state index contributed by atoms with van der Waals surface area (Å²) in [6, 6.07) is 13.9. The summed E-state index contributed by atoms with van der Waals surface area (Å²) < 4.78 is 4.82. The van der Waals surface area contributed by atoms with Crippen LogP contribution in [0.2, 0.25) is 10.0 Å². The molecule has 0 aliphatic heterocycles. The first-order valence-electron chi connectivity index (χ1n) is 10.1. The first-order chi connectivity index (χ1) is 14.5. The number of halogens is 2. The molecule has 7 heteroatoms. The average Bonchev–Trinajstić information content (AvgIpc) is 3.54. The predicted molar refractivity (Wildman–Crippen MR) is 120 cm³/mol. The molecular formula is C23H26Cl2N2O3. The van der Waals surface area contributed by atoms with Crippen LogP contribution in [0.5, 0.6) is 0 Å². The zero-order valence-corrected chi connectivity index (χ0v) is 18.4. The quantitative estimate of drug-likeness (QED) is 0.499. The Morgan fingerprint density at radius 3 is 2.43 bits per heavy atom. The number of ether oxygens (including phenoxy) is 1. The predicted octanol–water partition coefficient (Wildman–Crippen LogP) is 5.04. The highest BCUT2D eigenvalue weighted by molar-refractivity contribution is 6.31. The van der Waals surface area contributed by atoms with E-state index in [1.807, 2.05) is 18.2 Å². The molecule has 2 aromatic rings. The van der Waals surface area contributed by atoms with Gasteiger partial charge in [-0.1, -0.05) is 41.4 Å². The Morgan fingerprint density at radius 1 is 1.10 bits per heavy atom. The van der Waals surface area contributed by atoms with Gasteiger partial charge in [-0.05, 0) is 67.6 Å². The van der Waals surface area contributed by atoms with Crippen molar-refractivity contribution >= 4 is 40.8 Å². The van der Waals surface area contributed by atoms with Crippen molar-refractivity contribution < 1.29 is 14.3 Å². The monoisotopic (exact) mass is 448 g/mol. The molecule has 2 atom stereocenters. The van der Waals surface area contributed by atoms with Crippen LogP contribution in [0.4, 0.5) is 5.69 Å². The Hall–Kier alpha value is -2.08. The molecule has 2 aromatic carbocycles. The molecule has 1 aliphatic carbocycles. The van der Waals surface area contributed by atoms with Gasteiger partial charge in [-0.3, -0.25) is 9.59 Å². The van der Waals surface area contributed by atoms with E-state index >= 15 is 0 Å². The zero-order chi connectivity index (χ0) is 21.5. The summed E-state index contributed by atoms with van der Waals surface area (Å²) in [4.78, 5) is 25.1. The van der Waals surface area contributed by atoms with E-state index in [1.54, 1.807) is 30.3 Å². The first kappa shape index (κ1) is 22.6. The molecular weight excluding hydrogens is 423 g/mol. The van der Waals surface area contributed by atoms with E-state index in [0.717, 1.165) is 12.1 Å². The van der Waals surface area contributed by atoms with Gasteiger partial charge in [0.2, 0.25) is 5.91 Å². The second-order valence-electron chi connectivity index (χ2n) is 7.61. The van der Waals surface area contributed by atoms with E-state index in [1.165, 1.54) is 20.0 Å². The standard InChI is InChI=1S/C23H26Cl2N2O3/c1-30-21(28)11-10-20(16-4-2-5-17(24)12-16)22(26-14-15-8-9-15)23(29)27-19-7-3-6-18(25)13-19/h2-7,12-13,15,20,22,26H,8-11,14H2,1H3,(H,27,29)/t20-,22?/m0/s1. The van der Waals surface area contributed by atoms with Crippen molar-refractivity contribution in [3.8, 4) is 0 Å². The third kappa shape index (κ3) is 6.73. The minimum atomic E-state index is -0.535. The normalized spacial score (nSPS) is 15.3. The van der Waals surface area contributed by atoms with Gasteiger partial charge in [0, 0.05) is 28.1 Å². The molecule has 1 amide bonds. The van der Waals surface area contributed by atoms with Gasteiger partial charge in [-0.2, -0.15) is 0 Å². The highest BCUT2D eigenvalue weighted by Gasteiger charge is 2.32. The maximum atomic E-state index is 13.3. The number of hydrogen-bond acceptors (Lipinski definition) is 4. The summed E-state index contributed by atoms with van der Waals surface area (Å²) in [6.45, 7) is 0.753. The lowest BCUT2D eigenvalue weighted by Crippen LogP contribution is -2.46. The fourth-order valence-corrected chi connectivity index (χ4v) is 3.85. The molecule has 1 saturated carbocycles. The van der Waals surface area contributed by atoms with Crippen molar-refractivity contribution in [1.82, 2.24) is 5.32 Å². The number of carbonyl (C=O) groups excluding carboxylic acids is 2. The third-order valence-corrected chi connectivity index (χ3v) is 5.73. The maximum Gasteiger partial charge on any atom is 0.305 e. The number of hydrogen-bond donors (Lipinski definition) is 2. The number of benzene rings is 2. The molecule has 1 fully saturated rings. The smallest absolute Gasteiger partial charge is 0.305 e. The minimum Gasteiger partial charge on any atom is -0.469 e. The highest BCUT2D eigenvalue weighted by Crippen LogP contribution is 2.31. The number of carbonyl (C=O) groups is 2. The molecule has 160 valence electrons. The Balaban J connectivity index is 1.86. The summed E-state index contributed by atoms with van der Waals surface area (Å²) >= 11 is 12.3. The van der Waals surface area contributed by atoms with Gasteiger partial charge in [0.25, 0.3) is 0 Å². The number of amides is 1. The average molecular weight is 449 g/mol. The van der Waals surface area contributed by atoms with E-state index in [4.69, 9.17) is 27.9 Å². The van der Waals surface area contributed by atoms with Crippen LogP contribution < -0.4 is 10.6 Å². The van der Waals surface area contributed by atoms with E-state index in [0.29, 0.717) is 28.1 Å². The molecule has 0 radical (unpaired) electrons. The van der Waals surface area contributed by atoms with Crippen LogP contribution in [0, 0.1) is 5.92 Å². The molecule has 0 aromatic heterocycles. The summed E-state index contributed by atoms with van der Waals surface area (Å²) in [5.74, 6) is -0.140. The van der Waals surface area contributed by atoms with E-state index in [2.05, 4.69) is 10.6 Å². The van der Waals surface area contributed by atoms with Crippen LogP contribution in [0.1, 0.15) is 37.2 Å². The SMILES string of the molecule is COC(=O)CC[C@@H](c1cccc(Cl)c1)C(NCC1CC1)C(=O)Nc1cccc(Cl)c1. The highest BCUT2D eigenvalue weighted by atomic mass is 35.5. The van der Waals surface area contributed by atoms with Gasteiger partial charge in [-0.25, -0.2) is 0 Å². The van der Waals surface area contributed by atoms with Crippen LogP contribution in [-0.4, -0.2) is 31.6 Å². The Labute approximate surface area is 187 Å². The van der Waals surface area contributed by atoms with Crippen LogP contribution in [0.3, 0.4) is 0 Å². The van der Waals surface area contributed by atoms with Crippen LogP contribution in [-0.2, 0) is 14.3 Å². The van der Waals surface area contributed by atoms with Crippen molar-refractivity contribution in [3.05, 3.63) is 64.1 Å². The second-order valence-corrected chi connectivity index (χ2v) is 8.48. The molecule has 1 aliphatic rings. The van der Waals surface area contributed by atoms with Crippen molar-refractivity contribution in [2.75, 3.05) is 19.0 Å². The van der Waals surface area contributed by atoms with Crippen LogP contribution in [0.25, 0.3) is 0 Å². The molecule has 3 rings (SSSR count). The number of rotatable bonds is 10. The first-order valence-corrected chi connectivity index (χ1v) is 10.8. The fourth-order valence-electron chi connectivity index (χ4n) is 3.46. The van der Waals surface area contributed by atoms with Crippen LogP contribution in [0.15, 0.2) is 48.5 Å². The van der Waals surface area contributed by atoms with Gasteiger partial charge in [0.15, 0.2) is 0 Å². The molecule has 5 nitrogen and oxygen atoms in total. The lowest BCUT2D eigenvalue weighted by atomic mass is 9.86. The number of methoxy groups -OCH3 is 1. The topological polar surface area (TPSA) is 67.4 Å². The molecule has 0 spiro atoms. The van der Waals surface area contributed by atoms with Crippen molar-refractivity contribution in [1.29, 1.82) is 0 Å². The van der Waals surface area contributed by atoms with Crippen LogP contribution >= 0.6 is 23.2 Å². The molecule has 2 N–H and O–H groups in total.